The first-order valence-electron chi connectivity index (χ1n) is 8.36. The lowest BCUT2D eigenvalue weighted by atomic mass is 9.90. The van der Waals surface area contributed by atoms with Gasteiger partial charge in [0, 0.05) is 34.6 Å². The maximum atomic E-state index is 13.5. The van der Waals surface area contributed by atoms with Gasteiger partial charge in [-0.05, 0) is 55.7 Å². The number of hydrogen-bond donors (Lipinski definition) is 0. The number of pyridine rings is 1. The molecule has 3 rings (SSSR count). The molecule has 1 amide bonds. The number of carbonyl (C=O) groups excluding carboxylic acids is 1. The highest BCUT2D eigenvalue weighted by molar-refractivity contribution is 6.07. The number of carbonyl (C=O) groups is 1. The molecule has 3 nitrogen and oxygen atoms in total. The predicted molar refractivity (Wildman–Crippen MR) is 93.9 cm³/mol. The van der Waals surface area contributed by atoms with Crippen molar-refractivity contribution in [2.75, 3.05) is 4.90 Å². The summed E-state index contributed by atoms with van der Waals surface area (Å²) in [5.74, 6) is -0.308. The topological polar surface area (TPSA) is 33.2 Å². The Labute approximate surface area is 142 Å². The van der Waals surface area contributed by atoms with Crippen LogP contribution in [0.25, 0.3) is 0 Å². The maximum absolute atomic E-state index is 13.5. The van der Waals surface area contributed by atoms with Gasteiger partial charge in [0.1, 0.15) is 5.82 Å². The van der Waals surface area contributed by atoms with Gasteiger partial charge in [0.25, 0.3) is 5.91 Å². The zero-order valence-electron chi connectivity index (χ0n) is 14.6. The SMILES string of the molecule is CC1CCc2cc(F)ccc2N1C(=O)c1ccnc(C(C)(C)C)c1. The fourth-order valence-electron chi connectivity index (χ4n) is 3.14. The van der Waals surface area contributed by atoms with Gasteiger partial charge in [-0.2, -0.15) is 0 Å². The van der Waals surface area contributed by atoms with Crippen molar-refractivity contribution in [3.63, 3.8) is 0 Å². The predicted octanol–water partition coefficient (Wildman–Crippen LogP) is 4.50. The van der Waals surface area contributed by atoms with Crippen LogP contribution < -0.4 is 4.90 Å². The van der Waals surface area contributed by atoms with Crippen LogP contribution in [0.15, 0.2) is 36.5 Å². The molecule has 24 heavy (non-hydrogen) atoms. The Kier molecular flexibility index (Phi) is 4.16. The molecular formula is C20H23FN2O. The third-order valence-electron chi connectivity index (χ3n) is 4.57. The zero-order valence-corrected chi connectivity index (χ0v) is 14.6. The summed E-state index contributed by atoms with van der Waals surface area (Å²) in [7, 11) is 0. The first-order chi connectivity index (χ1) is 11.3. The van der Waals surface area contributed by atoms with Crippen LogP contribution in [0.3, 0.4) is 0 Å². The highest BCUT2D eigenvalue weighted by atomic mass is 19.1. The van der Waals surface area contributed by atoms with E-state index >= 15 is 0 Å². The second-order valence-electron chi connectivity index (χ2n) is 7.52. The first kappa shape index (κ1) is 16.6. The minimum Gasteiger partial charge on any atom is -0.305 e. The molecule has 1 aliphatic rings. The van der Waals surface area contributed by atoms with E-state index in [-0.39, 0.29) is 23.2 Å². The van der Waals surface area contributed by atoms with Gasteiger partial charge in [0.2, 0.25) is 0 Å². The Morgan fingerprint density at radius 1 is 1.25 bits per heavy atom. The molecule has 0 bridgehead atoms. The van der Waals surface area contributed by atoms with Crippen molar-refractivity contribution >= 4 is 11.6 Å². The summed E-state index contributed by atoms with van der Waals surface area (Å²) in [5, 5.41) is 0. The Bertz CT molecular complexity index is 779. The van der Waals surface area contributed by atoms with Gasteiger partial charge in [0.05, 0.1) is 0 Å². The Balaban J connectivity index is 2.01. The lowest BCUT2D eigenvalue weighted by Crippen LogP contribution is -2.42. The molecule has 1 aromatic heterocycles. The fourth-order valence-corrected chi connectivity index (χ4v) is 3.14. The summed E-state index contributed by atoms with van der Waals surface area (Å²) in [5.41, 5.74) is 3.10. The van der Waals surface area contributed by atoms with Crippen LogP contribution >= 0.6 is 0 Å². The summed E-state index contributed by atoms with van der Waals surface area (Å²) in [6.45, 7) is 8.26. The van der Waals surface area contributed by atoms with E-state index in [9.17, 15) is 9.18 Å². The lowest BCUT2D eigenvalue weighted by molar-refractivity contribution is 0.0975. The van der Waals surface area contributed by atoms with Crippen molar-refractivity contribution < 1.29 is 9.18 Å². The van der Waals surface area contributed by atoms with Gasteiger partial charge < -0.3 is 4.90 Å². The van der Waals surface area contributed by atoms with E-state index in [0.717, 1.165) is 29.8 Å². The number of nitrogens with zero attached hydrogens (tertiary/aromatic N) is 2. The van der Waals surface area contributed by atoms with Gasteiger partial charge in [-0.1, -0.05) is 20.8 Å². The molecule has 2 aromatic rings. The molecule has 0 radical (unpaired) electrons. The summed E-state index contributed by atoms with van der Waals surface area (Å²) >= 11 is 0. The van der Waals surface area contributed by atoms with Crippen molar-refractivity contribution in [1.29, 1.82) is 0 Å². The normalized spacial score (nSPS) is 17.5. The smallest absolute Gasteiger partial charge is 0.258 e. The number of anilines is 1. The summed E-state index contributed by atoms with van der Waals surface area (Å²) < 4.78 is 13.5. The number of aryl methyl sites for hydroxylation is 1. The second kappa shape index (κ2) is 6.00. The molecule has 1 aliphatic heterocycles. The monoisotopic (exact) mass is 326 g/mol. The molecule has 1 atom stereocenters. The molecular weight excluding hydrogens is 303 g/mol. The molecule has 126 valence electrons. The van der Waals surface area contributed by atoms with Crippen molar-refractivity contribution in [2.24, 2.45) is 0 Å². The van der Waals surface area contributed by atoms with E-state index in [2.05, 4.69) is 25.8 Å². The van der Waals surface area contributed by atoms with Gasteiger partial charge in [-0.25, -0.2) is 4.39 Å². The van der Waals surface area contributed by atoms with Crippen LogP contribution in [0.5, 0.6) is 0 Å². The molecule has 0 saturated carbocycles. The molecule has 0 aliphatic carbocycles. The second-order valence-corrected chi connectivity index (χ2v) is 7.52. The Morgan fingerprint density at radius 2 is 2.00 bits per heavy atom. The molecule has 4 heteroatoms. The number of hydrogen-bond acceptors (Lipinski definition) is 2. The Morgan fingerprint density at radius 3 is 2.71 bits per heavy atom. The van der Waals surface area contributed by atoms with Gasteiger partial charge in [0.15, 0.2) is 0 Å². The third-order valence-corrected chi connectivity index (χ3v) is 4.57. The van der Waals surface area contributed by atoms with Crippen LogP contribution in [-0.2, 0) is 11.8 Å². The Hall–Kier alpha value is -2.23. The minimum absolute atomic E-state index is 0.0528. The van der Waals surface area contributed by atoms with Crippen molar-refractivity contribution in [3.05, 3.63) is 59.2 Å². The molecule has 2 heterocycles. The van der Waals surface area contributed by atoms with Crippen molar-refractivity contribution in [1.82, 2.24) is 4.98 Å². The van der Waals surface area contributed by atoms with Crippen LogP contribution in [0.2, 0.25) is 0 Å². The largest absolute Gasteiger partial charge is 0.305 e. The van der Waals surface area contributed by atoms with Gasteiger partial charge in [-0.3, -0.25) is 9.78 Å². The number of fused-ring (bicyclic) bond motifs is 1. The third kappa shape index (κ3) is 3.05. The minimum atomic E-state index is -0.255. The lowest BCUT2D eigenvalue weighted by Gasteiger charge is -2.35. The summed E-state index contributed by atoms with van der Waals surface area (Å²) in [4.78, 5) is 19.3. The molecule has 0 fully saturated rings. The number of rotatable bonds is 1. The standard InChI is InChI=1S/C20H23FN2O/c1-13-5-6-14-11-16(21)7-8-17(14)23(13)19(24)15-9-10-22-18(12-15)20(2,3)4/h7-13H,5-6H2,1-4H3. The van der Waals surface area contributed by atoms with E-state index in [1.807, 2.05) is 13.0 Å². The van der Waals surface area contributed by atoms with Crippen LogP contribution in [-0.4, -0.2) is 16.9 Å². The highest BCUT2D eigenvalue weighted by Crippen LogP contribution is 2.33. The summed E-state index contributed by atoms with van der Waals surface area (Å²) in [6, 6.07) is 8.37. The number of halogens is 1. The highest BCUT2D eigenvalue weighted by Gasteiger charge is 2.30. The van der Waals surface area contributed by atoms with E-state index in [1.54, 1.807) is 23.2 Å². The summed E-state index contributed by atoms with van der Waals surface area (Å²) in [6.07, 6.45) is 3.31. The zero-order chi connectivity index (χ0) is 17.5. The molecule has 0 saturated heterocycles. The fraction of sp³-hybridized carbons (Fsp3) is 0.400. The van der Waals surface area contributed by atoms with Gasteiger partial charge >= 0.3 is 0 Å². The van der Waals surface area contributed by atoms with Crippen molar-refractivity contribution in [2.45, 2.75) is 52.0 Å². The van der Waals surface area contributed by atoms with E-state index in [4.69, 9.17) is 0 Å². The quantitative estimate of drug-likeness (QED) is 0.773. The maximum Gasteiger partial charge on any atom is 0.258 e. The van der Waals surface area contributed by atoms with Crippen molar-refractivity contribution in [3.8, 4) is 0 Å². The van der Waals surface area contributed by atoms with E-state index in [0.29, 0.717) is 5.56 Å². The van der Waals surface area contributed by atoms with Crippen LogP contribution in [0.4, 0.5) is 10.1 Å². The molecule has 0 N–H and O–H groups in total. The average molecular weight is 326 g/mol. The average Bonchev–Trinajstić information content (AvgIpc) is 2.54. The number of benzene rings is 1. The molecule has 0 spiro atoms. The van der Waals surface area contributed by atoms with Crippen LogP contribution in [0.1, 0.15) is 55.7 Å². The number of amides is 1. The van der Waals surface area contributed by atoms with Gasteiger partial charge in [-0.15, -0.1) is 0 Å². The first-order valence-corrected chi connectivity index (χ1v) is 8.36. The van der Waals surface area contributed by atoms with E-state index in [1.165, 1.54) is 12.1 Å². The van der Waals surface area contributed by atoms with E-state index < -0.39 is 0 Å². The van der Waals surface area contributed by atoms with Crippen LogP contribution in [0, 0.1) is 5.82 Å². The molecule has 1 unspecified atom stereocenters. The number of aromatic nitrogens is 1. The molecule has 1 aromatic carbocycles.